The van der Waals surface area contributed by atoms with Crippen LogP contribution in [0, 0.1) is 5.82 Å². The molecule has 118 valence electrons. The molecular weight excluding hydrogens is 303 g/mol. The van der Waals surface area contributed by atoms with Crippen LogP contribution in [0.5, 0.6) is 0 Å². The van der Waals surface area contributed by atoms with Crippen molar-refractivity contribution in [1.82, 2.24) is 19.7 Å². The van der Waals surface area contributed by atoms with Crippen LogP contribution in [0.3, 0.4) is 0 Å². The first-order valence-electron chi connectivity index (χ1n) is 6.88. The first-order chi connectivity index (χ1) is 10.9. The number of fused-ring (bicyclic) bond motifs is 1. The lowest BCUT2D eigenvalue weighted by Gasteiger charge is -2.09. The Kier molecular flexibility index (Phi) is 3.44. The molecule has 0 atom stereocenters. The molecule has 0 bridgehead atoms. The van der Waals surface area contributed by atoms with Crippen molar-refractivity contribution in [3.05, 3.63) is 51.8 Å². The maximum atomic E-state index is 14.1. The molecular formula is C15H13FN4O3. The number of carbonyl (C=O) groups is 1. The van der Waals surface area contributed by atoms with Crippen LogP contribution < -0.4 is 5.56 Å². The lowest BCUT2D eigenvalue weighted by Crippen LogP contribution is -2.14. The molecule has 2 heterocycles. The fourth-order valence-electron chi connectivity index (χ4n) is 2.26. The lowest BCUT2D eigenvalue weighted by atomic mass is 10.0. The Morgan fingerprint density at radius 3 is 2.74 bits per heavy atom. The molecule has 0 saturated heterocycles. The van der Waals surface area contributed by atoms with Gasteiger partial charge in [0.25, 0.3) is 5.56 Å². The number of nitrogens with one attached hydrogen (secondary N) is 1. The number of rotatable bonds is 3. The van der Waals surface area contributed by atoms with Crippen molar-refractivity contribution in [3.63, 3.8) is 0 Å². The normalized spacial score (nSPS) is 11.3. The number of aromatic nitrogens is 4. The predicted molar refractivity (Wildman–Crippen MR) is 80.5 cm³/mol. The largest absolute Gasteiger partial charge is 0.478 e. The van der Waals surface area contributed by atoms with E-state index < -0.39 is 17.3 Å². The minimum atomic E-state index is -1.15. The number of H-pyrrole nitrogens is 1. The van der Waals surface area contributed by atoms with Crippen LogP contribution in [0.2, 0.25) is 0 Å². The van der Waals surface area contributed by atoms with Crippen LogP contribution in [-0.2, 0) is 0 Å². The van der Waals surface area contributed by atoms with Gasteiger partial charge < -0.3 is 5.11 Å². The van der Waals surface area contributed by atoms with Gasteiger partial charge in [-0.05, 0) is 17.5 Å². The second-order valence-electron chi connectivity index (χ2n) is 5.41. The fourth-order valence-corrected chi connectivity index (χ4v) is 2.26. The molecule has 0 radical (unpaired) electrons. The highest BCUT2D eigenvalue weighted by atomic mass is 19.1. The van der Waals surface area contributed by atoms with Gasteiger partial charge in [-0.1, -0.05) is 13.8 Å². The van der Waals surface area contributed by atoms with Crippen LogP contribution >= 0.6 is 0 Å². The number of benzene rings is 1. The number of aromatic amines is 1. The van der Waals surface area contributed by atoms with Gasteiger partial charge >= 0.3 is 5.97 Å². The van der Waals surface area contributed by atoms with Gasteiger partial charge in [-0.15, -0.1) is 0 Å². The van der Waals surface area contributed by atoms with Crippen molar-refractivity contribution >= 4 is 16.9 Å². The smallest absolute Gasteiger partial charge is 0.338 e. The average Bonchev–Trinajstić information content (AvgIpc) is 2.96. The van der Waals surface area contributed by atoms with Gasteiger partial charge in [0, 0.05) is 12.3 Å². The van der Waals surface area contributed by atoms with Crippen LogP contribution in [0.15, 0.2) is 29.3 Å². The number of carboxylic acid groups (broad SMARTS) is 1. The van der Waals surface area contributed by atoms with Gasteiger partial charge in [-0.25, -0.2) is 18.9 Å². The third kappa shape index (κ3) is 2.59. The van der Waals surface area contributed by atoms with E-state index in [-0.39, 0.29) is 28.3 Å². The molecule has 0 fully saturated rings. The lowest BCUT2D eigenvalue weighted by molar-refractivity contribution is 0.0697. The summed E-state index contributed by atoms with van der Waals surface area (Å²) in [5, 5.41) is 13.0. The first-order valence-corrected chi connectivity index (χ1v) is 6.88. The molecule has 0 unspecified atom stereocenters. The molecule has 8 heteroatoms. The summed E-state index contributed by atoms with van der Waals surface area (Å²) in [6, 6.07) is 2.68. The SMILES string of the molecule is CC(C)c1cc2c(=O)[nH]c(-n3cc(C(=O)O)cn3)nc2cc1F. The molecule has 2 aromatic heterocycles. The quantitative estimate of drug-likeness (QED) is 0.770. The zero-order chi connectivity index (χ0) is 16.7. The number of aromatic carboxylic acids is 1. The van der Waals surface area contributed by atoms with Crippen LogP contribution in [0.1, 0.15) is 35.7 Å². The van der Waals surface area contributed by atoms with Crippen LogP contribution in [-0.4, -0.2) is 30.8 Å². The number of nitrogens with zero attached hydrogens (tertiary/aromatic N) is 3. The predicted octanol–water partition coefficient (Wildman–Crippen LogP) is 2.07. The Hall–Kier alpha value is -3.03. The summed E-state index contributed by atoms with van der Waals surface area (Å²) in [5.74, 6) is -1.63. The molecule has 0 amide bonds. The average molecular weight is 316 g/mol. The van der Waals surface area contributed by atoms with Crippen molar-refractivity contribution in [2.24, 2.45) is 0 Å². The molecule has 0 aliphatic rings. The maximum absolute atomic E-state index is 14.1. The second kappa shape index (κ2) is 5.31. The van der Waals surface area contributed by atoms with Crippen molar-refractivity contribution in [3.8, 4) is 5.95 Å². The number of hydrogen-bond donors (Lipinski definition) is 2. The van der Waals surface area contributed by atoms with Gasteiger partial charge in [-0.3, -0.25) is 9.78 Å². The highest BCUT2D eigenvalue weighted by Gasteiger charge is 2.14. The van der Waals surface area contributed by atoms with E-state index in [2.05, 4.69) is 15.1 Å². The summed E-state index contributed by atoms with van der Waals surface area (Å²) in [6.07, 6.45) is 2.35. The minimum Gasteiger partial charge on any atom is -0.478 e. The van der Waals surface area contributed by atoms with E-state index in [0.29, 0.717) is 5.56 Å². The highest BCUT2D eigenvalue weighted by molar-refractivity contribution is 5.87. The Morgan fingerprint density at radius 2 is 2.13 bits per heavy atom. The molecule has 7 nitrogen and oxygen atoms in total. The number of hydrogen-bond acceptors (Lipinski definition) is 4. The molecule has 2 N–H and O–H groups in total. The van der Waals surface area contributed by atoms with Crippen molar-refractivity contribution in [1.29, 1.82) is 0 Å². The third-order valence-corrected chi connectivity index (χ3v) is 3.48. The number of carboxylic acids is 1. The summed E-state index contributed by atoms with van der Waals surface area (Å²) in [7, 11) is 0. The Bertz CT molecular complexity index is 975. The van der Waals surface area contributed by atoms with Crippen molar-refractivity contribution in [2.45, 2.75) is 19.8 Å². The topological polar surface area (TPSA) is 101 Å². The zero-order valence-electron chi connectivity index (χ0n) is 12.4. The number of halogens is 1. The molecule has 0 aliphatic carbocycles. The summed E-state index contributed by atoms with van der Waals surface area (Å²) >= 11 is 0. The van der Waals surface area contributed by atoms with E-state index in [1.54, 1.807) is 0 Å². The van der Waals surface area contributed by atoms with E-state index in [4.69, 9.17) is 5.11 Å². The van der Waals surface area contributed by atoms with Gasteiger partial charge in [0.1, 0.15) is 5.82 Å². The van der Waals surface area contributed by atoms with Gasteiger partial charge in [0.05, 0.1) is 22.7 Å². The van der Waals surface area contributed by atoms with Gasteiger partial charge in [0.15, 0.2) is 0 Å². The summed E-state index contributed by atoms with van der Waals surface area (Å²) in [5.41, 5.74) is 0.121. The fraction of sp³-hybridized carbons (Fsp3) is 0.200. The standard InChI is InChI=1S/C15H13FN4O3/c1-7(2)9-3-10-12(4-11(9)16)18-15(19-13(10)21)20-6-8(5-17-20)14(22)23/h3-7H,1-2H3,(H,22,23)(H,18,19,21). The van der Waals surface area contributed by atoms with Crippen molar-refractivity contribution < 1.29 is 14.3 Å². The van der Waals surface area contributed by atoms with Crippen molar-refractivity contribution in [2.75, 3.05) is 0 Å². The minimum absolute atomic E-state index is 0.0201. The summed E-state index contributed by atoms with van der Waals surface area (Å²) in [6.45, 7) is 3.66. The summed E-state index contributed by atoms with van der Waals surface area (Å²) in [4.78, 5) is 29.8. The van der Waals surface area contributed by atoms with E-state index in [9.17, 15) is 14.0 Å². The molecule has 3 rings (SSSR count). The van der Waals surface area contributed by atoms with E-state index in [1.165, 1.54) is 18.3 Å². The first kappa shape index (κ1) is 14.9. The van der Waals surface area contributed by atoms with E-state index in [1.807, 2.05) is 13.8 Å². The zero-order valence-corrected chi connectivity index (χ0v) is 12.4. The van der Waals surface area contributed by atoms with Crippen LogP contribution in [0.4, 0.5) is 4.39 Å². The third-order valence-electron chi connectivity index (χ3n) is 3.48. The molecule has 1 aromatic carbocycles. The molecule has 0 aliphatic heterocycles. The molecule has 0 saturated carbocycles. The van der Waals surface area contributed by atoms with Gasteiger partial charge in [-0.2, -0.15) is 5.10 Å². The molecule has 0 spiro atoms. The van der Waals surface area contributed by atoms with Gasteiger partial charge in [0.2, 0.25) is 5.95 Å². The second-order valence-corrected chi connectivity index (χ2v) is 5.41. The Labute approximate surface area is 129 Å². The Morgan fingerprint density at radius 1 is 1.39 bits per heavy atom. The van der Waals surface area contributed by atoms with Crippen LogP contribution in [0.25, 0.3) is 16.9 Å². The highest BCUT2D eigenvalue weighted by Crippen LogP contribution is 2.22. The Balaban J connectivity index is 2.19. The molecule has 23 heavy (non-hydrogen) atoms. The monoisotopic (exact) mass is 316 g/mol. The molecule has 3 aromatic rings. The summed E-state index contributed by atoms with van der Waals surface area (Å²) < 4.78 is 15.2. The van der Waals surface area contributed by atoms with E-state index in [0.717, 1.165) is 10.9 Å². The van der Waals surface area contributed by atoms with E-state index >= 15 is 0 Å². The maximum Gasteiger partial charge on any atom is 0.338 e.